The molecule has 5 rings (SSSR count). The van der Waals surface area contributed by atoms with Gasteiger partial charge in [-0.1, -0.05) is 113 Å². The zero-order valence-electron chi connectivity index (χ0n) is 29.2. The second-order valence-electron chi connectivity index (χ2n) is 15.5. The van der Waals surface area contributed by atoms with Crippen molar-refractivity contribution in [2.75, 3.05) is 0 Å². The van der Waals surface area contributed by atoms with Crippen molar-refractivity contribution < 1.29 is 30.0 Å². The molecule has 0 fully saturated rings. The molecule has 4 aromatic rings. The summed E-state index contributed by atoms with van der Waals surface area (Å²) in [7, 11) is 0. The van der Waals surface area contributed by atoms with Crippen LogP contribution in [0.4, 0.5) is 0 Å². The minimum absolute atomic E-state index is 0. The Morgan fingerprint density at radius 3 is 2.13 bits per heavy atom. The molecule has 3 aromatic carbocycles. The minimum atomic E-state index is -0.417. The molecule has 45 heavy (non-hydrogen) atoms. The fraction of sp³-hybridized carbons (Fsp3) is 0.415. The van der Waals surface area contributed by atoms with Crippen LogP contribution in [0, 0.1) is 36.7 Å². The van der Waals surface area contributed by atoms with E-state index in [1.54, 1.807) is 0 Å². The number of nitrogens with zero attached hydrogens (tertiary/aromatic N) is 1. The van der Waals surface area contributed by atoms with E-state index in [0.29, 0.717) is 5.92 Å². The van der Waals surface area contributed by atoms with Gasteiger partial charge in [0.25, 0.3) is 0 Å². The maximum Gasteiger partial charge on any atom is 0.164 e. The van der Waals surface area contributed by atoms with Crippen molar-refractivity contribution >= 4 is 16.7 Å². The van der Waals surface area contributed by atoms with E-state index in [-0.39, 0.29) is 42.5 Å². The third kappa shape index (κ3) is 8.02. The van der Waals surface area contributed by atoms with Gasteiger partial charge in [-0.3, -0.25) is 9.78 Å². The Bertz CT molecular complexity index is 1730. The summed E-state index contributed by atoms with van der Waals surface area (Å²) in [5.74, 6) is 0.686. The van der Waals surface area contributed by atoms with E-state index < -0.39 is 5.41 Å². The topological polar surface area (TPSA) is 50.2 Å². The Labute approximate surface area is 284 Å². The molecule has 4 heteroatoms. The number of aliphatic hydroxyl groups excluding tert-OH is 1. The Morgan fingerprint density at radius 2 is 1.56 bits per heavy atom. The monoisotopic (exact) mass is 781 g/mol. The molecule has 241 valence electrons. The largest absolute Gasteiger partial charge is 0.512 e. The first-order valence-corrected chi connectivity index (χ1v) is 15.8. The molecule has 0 atom stereocenters. The van der Waals surface area contributed by atoms with Crippen LogP contribution < -0.4 is 0 Å². The zero-order chi connectivity index (χ0) is 32.8. The third-order valence-corrected chi connectivity index (χ3v) is 8.43. The van der Waals surface area contributed by atoms with Crippen molar-refractivity contribution in [3.63, 3.8) is 0 Å². The van der Waals surface area contributed by atoms with Crippen LogP contribution in [0.1, 0.15) is 97.1 Å². The first-order valence-electron chi connectivity index (χ1n) is 15.8. The third-order valence-electron chi connectivity index (χ3n) is 8.43. The van der Waals surface area contributed by atoms with Crippen LogP contribution in [0.25, 0.3) is 33.3 Å². The summed E-state index contributed by atoms with van der Waals surface area (Å²) in [5, 5.41) is 10.8. The van der Waals surface area contributed by atoms with Crippen LogP contribution in [0.15, 0.2) is 66.4 Å². The number of aryl methyl sites for hydroxylation is 2. The van der Waals surface area contributed by atoms with Crippen LogP contribution in [0.2, 0.25) is 0 Å². The van der Waals surface area contributed by atoms with Crippen LogP contribution in [0.5, 0.6) is 0 Å². The number of carbonyl (C=O) groups is 1. The van der Waals surface area contributed by atoms with Crippen LogP contribution >= 0.6 is 0 Å². The summed E-state index contributed by atoms with van der Waals surface area (Å²) in [6.07, 6.45) is 2.38. The summed E-state index contributed by atoms with van der Waals surface area (Å²) in [6, 6.07) is 23.8. The number of pyridine rings is 1. The van der Waals surface area contributed by atoms with E-state index in [0.717, 1.165) is 28.8 Å². The summed E-state index contributed by atoms with van der Waals surface area (Å²) < 4.78 is 0. The number of rotatable bonds is 4. The normalized spacial score (nSPS) is 13.9. The van der Waals surface area contributed by atoms with Gasteiger partial charge >= 0.3 is 0 Å². The molecule has 0 bridgehead atoms. The first-order chi connectivity index (χ1) is 20.3. The molecule has 0 spiro atoms. The average Bonchev–Trinajstić information content (AvgIpc) is 3.12. The number of ketones is 1. The fourth-order valence-electron chi connectivity index (χ4n) is 5.83. The van der Waals surface area contributed by atoms with E-state index in [1.165, 1.54) is 44.8 Å². The van der Waals surface area contributed by atoms with E-state index >= 15 is 0 Å². The molecular formula is C41H50IrNO2-. The van der Waals surface area contributed by atoms with Crippen molar-refractivity contribution in [2.45, 2.75) is 94.9 Å². The van der Waals surface area contributed by atoms with Gasteiger partial charge in [0, 0.05) is 47.8 Å². The predicted octanol–water partition coefficient (Wildman–Crippen LogP) is 10.9. The van der Waals surface area contributed by atoms with E-state index in [9.17, 15) is 9.90 Å². The van der Waals surface area contributed by atoms with Crippen molar-refractivity contribution in [1.29, 1.82) is 0 Å². The number of hydrogen-bond donors (Lipinski definition) is 1. The average molecular weight is 781 g/mol. The number of aromatic nitrogens is 1. The molecule has 1 N–H and O–H groups in total. The molecule has 0 saturated heterocycles. The van der Waals surface area contributed by atoms with Gasteiger partial charge in [0.2, 0.25) is 0 Å². The van der Waals surface area contributed by atoms with Gasteiger partial charge in [0.1, 0.15) is 5.76 Å². The smallest absolute Gasteiger partial charge is 0.164 e. The second-order valence-corrected chi connectivity index (χ2v) is 15.5. The molecule has 0 aliphatic heterocycles. The number of carbonyl (C=O) groups excluding carboxylic acids is 1. The van der Waals surface area contributed by atoms with Gasteiger partial charge in [0.15, 0.2) is 5.78 Å². The predicted molar refractivity (Wildman–Crippen MR) is 186 cm³/mol. The SMILES string of the molecule is CC(C)(C)C(=O)/C=C(\O)C(C)(C)C.Cc1[c-]c(-c2cc(CC(C)C)c3cc4c(cc3n2)C(C)(C)c2ccccc2-4)cc(C)c1.[Ir]. The molecule has 1 aliphatic carbocycles. The van der Waals surface area contributed by atoms with Gasteiger partial charge < -0.3 is 5.11 Å². The molecule has 0 unspecified atom stereocenters. The zero-order valence-corrected chi connectivity index (χ0v) is 31.6. The molecule has 1 aliphatic rings. The van der Waals surface area contributed by atoms with E-state index in [1.807, 2.05) is 41.5 Å². The molecular weight excluding hydrogens is 731 g/mol. The van der Waals surface area contributed by atoms with Crippen molar-refractivity contribution in [2.24, 2.45) is 16.7 Å². The Morgan fingerprint density at radius 1 is 0.911 bits per heavy atom. The summed E-state index contributed by atoms with van der Waals surface area (Å²) in [5.41, 5.74) is 11.8. The van der Waals surface area contributed by atoms with Crippen molar-refractivity contribution in [3.8, 4) is 22.4 Å². The van der Waals surface area contributed by atoms with Crippen molar-refractivity contribution in [3.05, 3.63) is 100 Å². The maximum atomic E-state index is 11.5. The Kier molecular flexibility index (Phi) is 10.8. The van der Waals surface area contributed by atoms with Crippen molar-refractivity contribution in [1.82, 2.24) is 4.98 Å². The number of benzene rings is 3. The summed E-state index contributed by atoms with van der Waals surface area (Å²) in [6.45, 7) is 24.6. The molecule has 1 radical (unpaired) electrons. The van der Waals surface area contributed by atoms with Crippen LogP contribution in [-0.4, -0.2) is 15.9 Å². The van der Waals surface area contributed by atoms with Crippen LogP contribution in [-0.2, 0) is 36.7 Å². The van der Waals surface area contributed by atoms with Gasteiger partial charge in [0.05, 0.1) is 5.52 Å². The van der Waals surface area contributed by atoms with Gasteiger partial charge in [-0.05, 0) is 58.0 Å². The fourth-order valence-corrected chi connectivity index (χ4v) is 5.83. The van der Waals surface area contributed by atoms with Gasteiger partial charge in [-0.2, -0.15) is 0 Å². The molecule has 3 nitrogen and oxygen atoms in total. The van der Waals surface area contributed by atoms with Gasteiger partial charge in [-0.25, -0.2) is 0 Å². The maximum absolute atomic E-state index is 11.5. The molecule has 1 aromatic heterocycles. The number of hydrogen-bond acceptors (Lipinski definition) is 3. The number of fused-ring (bicyclic) bond motifs is 4. The van der Waals surface area contributed by atoms with E-state index in [4.69, 9.17) is 4.98 Å². The van der Waals surface area contributed by atoms with Crippen LogP contribution in [0.3, 0.4) is 0 Å². The standard InChI is InChI=1S/C30H30N.C11H20O2.Ir/c1-18(2)11-21-15-28(22-13-19(3)12-20(4)14-22)31-29-17-27-25(16-24(21)29)23-9-7-8-10-26(23)30(27,5)6;1-10(2,3)8(12)7-9(13)11(4,5)6;/h7-10,12-13,15-18H,11H2,1-6H3;7,12H,1-6H3;/q-1;;/b;8-7-;. The van der Waals surface area contributed by atoms with E-state index in [2.05, 4.69) is 102 Å². The quantitative estimate of drug-likeness (QED) is 0.127. The Hall–Kier alpha value is -3.07. The summed E-state index contributed by atoms with van der Waals surface area (Å²) in [4.78, 5) is 16.7. The molecule has 0 amide bonds. The second kappa shape index (κ2) is 13.3. The summed E-state index contributed by atoms with van der Waals surface area (Å²) >= 11 is 0. The minimum Gasteiger partial charge on any atom is -0.512 e. The molecule has 0 saturated carbocycles. The molecule has 1 heterocycles. The number of allylic oxidation sites excluding steroid dienone is 2. The number of aliphatic hydroxyl groups is 1. The first kappa shape index (κ1) is 36.4. The van der Waals surface area contributed by atoms with Gasteiger partial charge in [-0.15, -0.1) is 34.9 Å². The Balaban J connectivity index is 0.000000338.